The standard InChI is InChI=1S/C24H20F3N3O/c1-15-22(28-23(31)18-9-6-11-20(13-18)24(25,26)27)16(2)30(29-15)14-19-10-5-8-17-7-3-4-12-21(17)19/h3-13H,14H2,1-2H3,(H,28,31). The number of hydrogen-bond acceptors (Lipinski definition) is 2. The number of aryl methyl sites for hydroxylation is 1. The van der Waals surface area contributed by atoms with Crippen molar-refractivity contribution in [3.8, 4) is 0 Å². The summed E-state index contributed by atoms with van der Waals surface area (Å²) in [5.41, 5.74) is 1.99. The van der Waals surface area contributed by atoms with Gasteiger partial charge >= 0.3 is 6.18 Å². The van der Waals surface area contributed by atoms with Gasteiger partial charge in [0.05, 0.1) is 29.2 Å². The molecule has 1 N–H and O–H groups in total. The third kappa shape index (κ3) is 4.17. The highest BCUT2D eigenvalue weighted by molar-refractivity contribution is 6.05. The van der Waals surface area contributed by atoms with E-state index in [0.717, 1.165) is 34.2 Å². The van der Waals surface area contributed by atoms with Crippen molar-refractivity contribution < 1.29 is 18.0 Å². The van der Waals surface area contributed by atoms with Crippen molar-refractivity contribution >= 4 is 22.4 Å². The van der Waals surface area contributed by atoms with Crippen molar-refractivity contribution in [3.05, 3.63) is 94.8 Å². The quantitative estimate of drug-likeness (QED) is 0.439. The van der Waals surface area contributed by atoms with Crippen LogP contribution in [0.25, 0.3) is 10.8 Å². The normalized spacial score (nSPS) is 11.6. The molecule has 0 aliphatic carbocycles. The van der Waals surface area contributed by atoms with Crippen molar-refractivity contribution in [1.82, 2.24) is 9.78 Å². The first-order valence-corrected chi connectivity index (χ1v) is 9.73. The summed E-state index contributed by atoms with van der Waals surface area (Å²) < 4.78 is 40.7. The van der Waals surface area contributed by atoms with E-state index in [9.17, 15) is 18.0 Å². The molecule has 4 aromatic rings. The lowest BCUT2D eigenvalue weighted by Gasteiger charge is -2.11. The number of carbonyl (C=O) groups excluding carboxylic acids is 1. The lowest BCUT2D eigenvalue weighted by Crippen LogP contribution is -2.15. The maximum atomic E-state index is 13.0. The van der Waals surface area contributed by atoms with Crippen LogP contribution in [0.5, 0.6) is 0 Å². The molecule has 1 heterocycles. The molecule has 4 nitrogen and oxygen atoms in total. The molecule has 0 saturated carbocycles. The summed E-state index contributed by atoms with van der Waals surface area (Å²) in [6.45, 7) is 4.09. The number of hydrogen-bond donors (Lipinski definition) is 1. The Hall–Kier alpha value is -3.61. The van der Waals surface area contributed by atoms with Gasteiger partial charge in [0.1, 0.15) is 0 Å². The molecule has 0 aliphatic rings. The predicted molar refractivity (Wildman–Crippen MR) is 114 cm³/mol. The van der Waals surface area contributed by atoms with Crippen molar-refractivity contribution in [2.75, 3.05) is 5.32 Å². The Balaban J connectivity index is 1.61. The van der Waals surface area contributed by atoms with Crippen LogP contribution in [-0.2, 0) is 12.7 Å². The minimum absolute atomic E-state index is 0.0598. The number of aromatic nitrogens is 2. The number of fused-ring (bicyclic) bond motifs is 1. The van der Waals surface area contributed by atoms with Crippen LogP contribution in [0.4, 0.5) is 18.9 Å². The molecule has 31 heavy (non-hydrogen) atoms. The van der Waals surface area contributed by atoms with E-state index in [2.05, 4.69) is 10.4 Å². The second kappa shape index (κ2) is 7.91. The fourth-order valence-electron chi connectivity index (χ4n) is 3.65. The van der Waals surface area contributed by atoms with Gasteiger partial charge in [0.15, 0.2) is 0 Å². The molecule has 0 bridgehead atoms. The Morgan fingerprint density at radius 3 is 2.48 bits per heavy atom. The summed E-state index contributed by atoms with van der Waals surface area (Å²) in [4.78, 5) is 12.6. The number of carbonyl (C=O) groups is 1. The van der Waals surface area contributed by atoms with Crippen molar-refractivity contribution in [2.45, 2.75) is 26.6 Å². The van der Waals surface area contributed by atoms with Gasteiger partial charge in [-0.1, -0.05) is 48.5 Å². The monoisotopic (exact) mass is 423 g/mol. The molecule has 7 heteroatoms. The SMILES string of the molecule is Cc1nn(Cc2cccc3ccccc23)c(C)c1NC(=O)c1cccc(C(F)(F)F)c1. The van der Waals surface area contributed by atoms with Crippen LogP contribution in [0.3, 0.4) is 0 Å². The highest BCUT2D eigenvalue weighted by atomic mass is 19.4. The minimum Gasteiger partial charge on any atom is -0.319 e. The van der Waals surface area contributed by atoms with E-state index in [0.29, 0.717) is 17.9 Å². The van der Waals surface area contributed by atoms with Gasteiger partial charge in [-0.2, -0.15) is 18.3 Å². The maximum absolute atomic E-state index is 13.0. The van der Waals surface area contributed by atoms with E-state index >= 15 is 0 Å². The molecule has 0 spiro atoms. The van der Waals surface area contributed by atoms with Gasteiger partial charge in [0.2, 0.25) is 0 Å². The highest BCUT2D eigenvalue weighted by Gasteiger charge is 2.31. The van der Waals surface area contributed by atoms with Crippen LogP contribution in [0.2, 0.25) is 0 Å². The molecule has 0 atom stereocenters. The molecular formula is C24H20F3N3O. The number of rotatable bonds is 4. The fraction of sp³-hybridized carbons (Fsp3) is 0.167. The van der Waals surface area contributed by atoms with E-state index in [-0.39, 0.29) is 5.56 Å². The first-order valence-electron chi connectivity index (χ1n) is 9.73. The summed E-state index contributed by atoms with van der Waals surface area (Å²) in [6.07, 6.45) is -4.51. The predicted octanol–water partition coefficient (Wildman–Crippen LogP) is 5.97. The van der Waals surface area contributed by atoms with E-state index in [1.54, 1.807) is 11.6 Å². The molecule has 3 aromatic carbocycles. The maximum Gasteiger partial charge on any atom is 0.416 e. The molecule has 0 unspecified atom stereocenters. The smallest absolute Gasteiger partial charge is 0.319 e. The third-order valence-corrected chi connectivity index (χ3v) is 5.27. The molecule has 158 valence electrons. The van der Waals surface area contributed by atoms with Gasteiger partial charge in [-0.25, -0.2) is 0 Å². The molecule has 0 saturated heterocycles. The van der Waals surface area contributed by atoms with Gasteiger partial charge < -0.3 is 5.32 Å². The van der Waals surface area contributed by atoms with Crippen LogP contribution in [0.1, 0.15) is 32.9 Å². The molecule has 0 aliphatic heterocycles. The Bertz CT molecular complexity index is 1270. The van der Waals surface area contributed by atoms with E-state index in [1.165, 1.54) is 12.1 Å². The number of alkyl halides is 3. The van der Waals surface area contributed by atoms with Crippen LogP contribution >= 0.6 is 0 Å². The summed E-state index contributed by atoms with van der Waals surface area (Å²) in [5, 5.41) is 9.51. The Kier molecular flexibility index (Phi) is 5.27. The largest absolute Gasteiger partial charge is 0.416 e. The van der Waals surface area contributed by atoms with Crippen molar-refractivity contribution in [1.29, 1.82) is 0 Å². The van der Waals surface area contributed by atoms with Gasteiger partial charge in [0, 0.05) is 5.56 Å². The average molecular weight is 423 g/mol. The average Bonchev–Trinajstić information content (AvgIpc) is 3.01. The summed E-state index contributed by atoms with van der Waals surface area (Å²) in [5.74, 6) is -0.609. The molecular weight excluding hydrogens is 403 g/mol. The number of benzene rings is 3. The Morgan fingerprint density at radius 1 is 1.00 bits per heavy atom. The number of halogens is 3. The van der Waals surface area contributed by atoms with Crippen molar-refractivity contribution in [2.24, 2.45) is 0 Å². The second-order valence-electron chi connectivity index (χ2n) is 7.37. The molecule has 4 rings (SSSR count). The Labute approximate surface area is 177 Å². The van der Waals surface area contributed by atoms with Crippen LogP contribution in [0.15, 0.2) is 66.7 Å². The van der Waals surface area contributed by atoms with E-state index in [1.807, 2.05) is 49.4 Å². The molecule has 0 fully saturated rings. The first-order chi connectivity index (χ1) is 14.7. The topological polar surface area (TPSA) is 46.9 Å². The van der Waals surface area contributed by atoms with E-state index < -0.39 is 17.6 Å². The zero-order valence-electron chi connectivity index (χ0n) is 17.0. The van der Waals surface area contributed by atoms with Gasteiger partial charge in [0.25, 0.3) is 5.91 Å². The Morgan fingerprint density at radius 2 is 1.71 bits per heavy atom. The van der Waals surface area contributed by atoms with Gasteiger partial charge in [-0.15, -0.1) is 0 Å². The third-order valence-electron chi connectivity index (χ3n) is 5.27. The van der Waals surface area contributed by atoms with Crippen LogP contribution in [-0.4, -0.2) is 15.7 Å². The zero-order valence-corrected chi connectivity index (χ0v) is 17.0. The summed E-state index contributed by atoms with van der Waals surface area (Å²) in [7, 11) is 0. The number of anilines is 1. The highest BCUT2D eigenvalue weighted by Crippen LogP contribution is 2.30. The fourth-order valence-corrected chi connectivity index (χ4v) is 3.65. The zero-order chi connectivity index (χ0) is 22.2. The number of nitrogens with one attached hydrogen (secondary N) is 1. The van der Waals surface area contributed by atoms with Gasteiger partial charge in [-0.05, 0) is 48.4 Å². The van der Waals surface area contributed by atoms with Crippen LogP contribution in [0, 0.1) is 13.8 Å². The lowest BCUT2D eigenvalue weighted by molar-refractivity contribution is -0.137. The van der Waals surface area contributed by atoms with E-state index in [4.69, 9.17) is 0 Å². The number of amides is 1. The molecule has 1 aromatic heterocycles. The van der Waals surface area contributed by atoms with Crippen LogP contribution < -0.4 is 5.32 Å². The van der Waals surface area contributed by atoms with Gasteiger partial charge in [-0.3, -0.25) is 9.48 Å². The second-order valence-corrected chi connectivity index (χ2v) is 7.37. The first kappa shape index (κ1) is 20.7. The lowest BCUT2D eigenvalue weighted by atomic mass is 10.0. The van der Waals surface area contributed by atoms with Crippen molar-refractivity contribution in [3.63, 3.8) is 0 Å². The molecule has 1 amide bonds. The summed E-state index contributed by atoms with van der Waals surface area (Å²) >= 11 is 0. The number of nitrogens with zero attached hydrogens (tertiary/aromatic N) is 2. The minimum atomic E-state index is -4.51. The summed E-state index contributed by atoms with van der Waals surface area (Å²) in [6, 6.07) is 18.5. The molecule has 0 radical (unpaired) electrons.